The molecular formula is C11H15N3O3. The van der Waals surface area contributed by atoms with E-state index in [2.05, 4.69) is 10.2 Å². The molecule has 1 amide bonds. The first-order valence-corrected chi connectivity index (χ1v) is 5.70. The number of nitrogens with one attached hydrogen (secondary N) is 1. The minimum Gasteiger partial charge on any atom is -0.476 e. The number of amides is 1. The molecule has 1 aliphatic rings. The molecule has 1 aromatic rings. The Labute approximate surface area is 98.6 Å². The molecule has 1 aliphatic heterocycles. The topological polar surface area (TPSA) is 86.3 Å². The van der Waals surface area contributed by atoms with Gasteiger partial charge in [-0.05, 0) is 12.8 Å². The Hall–Kier alpha value is -1.85. The van der Waals surface area contributed by atoms with E-state index in [4.69, 9.17) is 5.11 Å². The predicted octanol–water partition coefficient (Wildman–Crippen LogP) is 0.793. The third-order valence-electron chi connectivity index (χ3n) is 2.95. The van der Waals surface area contributed by atoms with Crippen LogP contribution in [0.15, 0.2) is 0 Å². The van der Waals surface area contributed by atoms with Gasteiger partial charge < -0.3 is 10.0 Å². The summed E-state index contributed by atoms with van der Waals surface area (Å²) >= 11 is 0. The lowest BCUT2D eigenvalue weighted by Crippen LogP contribution is -2.35. The maximum absolute atomic E-state index is 11.7. The van der Waals surface area contributed by atoms with E-state index in [9.17, 15) is 9.59 Å². The zero-order valence-electron chi connectivity index (χ0n) is 9.69. The van der Waals surface area contributed by atoms with Crippen LogP contribution in [0.1, 0.15) is 41.5 Å². The molecule has 2 rings (SSSR count). The maximum Gasteiger partial charge on any atom is 0.356 e. The summed E-state index contributed by atoms with van der Waals surface area (Å²) in [6.45, 7) is 2.98. The third-order valence-corrected chi connectivity index (χ3v) is 2.95. The van der Waals surface area contributed by atoms with Crippen molar-refractivity contribution in [1.29, 1.82) is 0 Å². The zero-order valence-corrected chi connectivity index (χ0v) is 9.69. The number of carbonyl (C=O) groups excluding carboxylic acids is 1. The number of hydrogen-bond donors (Lipinski definition) is 2. The maximum atomic E-state index is 11.7. The van der Waals surface area contributed by atoms with Gasteiger partial charge in [0.15, 0.2) is 5.69 Å². The average Bonchev–Trinajstić information content (AvgIpc) is 2.71. The Morgan fingerprint density at radius 3 is 2.94 bits per heavy atom. The molecule has 0 aromatic carbocycles. The van der Waals surface area contributed by atoms with Crippen LogP contribution in [0.25, 0.3) is 0 Å². The Kier molecular flexibility index (Phi) is 3.12. The molecule has 2 N–H and O–H groups in total. The number of H-pyrrole nitrogens is 1. The van der Waals surface area contributed by atoms with Crippen molar-refractivity contribution in [3.63, 3.8) is 0 Å². The molecule has 0 atom stereocenters. The molecule has 0 saturated carbocycles. The van der Waals surface area contributed by atoms with E-state index in [1.54, 1.807) is 4.90 Å². The number of fused-ring (bicyclic) bond motifs is 1. The van der Waals surface area contributed by atoms with E-state index < -0.39 is 5.97 Å². The number of hydrogen-bond acceptors (Lipinski definition) is 3. The van der Waals surface area contributed by atoms with E-state index in [1.807, 2.05) is 6.92 Å². The molecule has 0 spiro atoms. The minimum absolute atomic E-state index is 0.0857. The van der Waals surface area contributed by atoms with Crippen molar-refractivity contribution in [3.8, 4) is 0 Å². The van der Waals surface area contributed by atoms with E-state index in [1.165, 1.54) is 0 Å². The summed E-state index contributed by atoms with van der Waals surface area (Å²) in [5.74, 6) is -0.902. The summed E-state index contributed by atoms with van der Waals surface area (Å²) in [6, 6.07) is 0. The number of carboxylic acid groups (broad SMARTS) is 1. The lowest BCUT2D eigenvalue weighted by Gasteiger charge is -2.26. The number of rotatable bonds is 3. The fourth-order valence-electron chi connectivity index (χ4n) is 2.08. The van der Waals surface area contributed by atoms with Crippen LogP contribution in [-0.2, 0) is 17.8 Å². The molecule has 92 valence electrons. The van der Waals surface area contributed by atoms with Gasteiger partial charge in [-0.15, -0.1) is 0 Å². The molecule has 6 heteroatoms. The summed E-state index contributed by atoms with van der Waals surface area (Å²) in [4.78, 5) is 24.4. The highest BCUT2D eigenvalue weighted by Crippen LogP contribution is 2.20. The number of aromatic amines is 1. The molecule has 6 nitrogen and oxygen atoms in total. The van der Waals surface area contributed by atoms with Crippen molar-refractivity contribution in [2.45, 2.75) is 32.7 Å². The van der Waals surface area contributed by atoms with Crippen LogP contribution in [0.3, 0.4) is 0 Å². The molecule has 1 aromatic heterocycles. The second-order valence-corrected chi connectivity index (χ2v) is 4.15. The number of aromatic carboxylic acids is 1. The molecule has 0 radical (unpaired) electrons. The van der Waals surface area contributed by atoms with Gasteiger partial charge in [0.25, 0.3) is 0 Å². The van der Waals surface area contributed by atoms with Crippen molar-refractivity contribution in [1.82, 2.24) is 15.1 Å². The van der Waals surface area contributed by atoms with Crippen molar-refractivity contribution >= 4 is 11.9 Å². The highest BCUT2D eigenvalue weighted by molar-refractivity contribution is 5.87. The summed E-state index contributed by atoms with van der Waals surface area (Å²) in [7, 11) is 0. The van der Waals surface area contributed by atoms with Crippen LogP contribution < -0.4 is 0 Å². The molecule has 0 bridgehead atoms. The first-order chi connectivity index (χ1) is 8.13. The summed E-state index contributed by atoms with van der Waals surface area (Å²) in [6.07, 6.45) is 1.92. The van der Waals surface area contributed by atoms with Gasteiger partial charge in [0.05, 0.1) is 12.2 Å². The second kappa shape index (κ2) is 4.57. The van der Waals surface area contributed by atoms with Crippen LogP contribution in [-0.4, -0.2) is 38.6 Å². The molecule has 0 aliphatic carbocycles. The normalized spacial score (nSPS) is 14.5. The predicted molar refractivity (Wildman–Crippen MR) is 59.6 cm³/mol. The highest BCUT2D eigenvalue weighted by Gasteiger charge is 2.26. The number of carboxylic acids is 1. The molecule has 2 heterocycles. The Balaban J connectivity index is 2.15. The molecule has 0 saturated heterocycles. The number of nitrogens with zero attached hydrogens (tertiary/aromatic N) is 2. The Morgan fingerprint density at radius 2 is 2.29 bits per heavy atom. The van der Waals surface area contributed by atoms with Gasteiger partial charge in [0.1, 0.15) is 0 Å². The first-order valence-electron chi connectivity index (χ1n) is 5.70. The van der Waals surface area contributed by atoms with Gasteiger partial charge in [-0.2, -0.15) is 5.10 Å². The molecular weight excluding hydrogens is 222 g/mol. The van der Waals surface area contributed by atoms with Crippen LogP contribution in [0, 0.1) is 0 Å². The fraction of sp³-hybridized carbons (Fsp3) is 0.545. The van der Waals surface area contributed by atoms with Crippen LogP contribution >= 0.6 is 0 Å². The zero-order chi connectivity index (χ0) is 12.4. The van der Waals surface area contributed by atoms with Gasteiger partial charge in [0.2, 0.25) is 5.91 Å². The van der Waals surface area contributed by atoms with Crippen molar-refractivity contribution in [2.24, 2.45) is 0 Å². The van der Waals surface area contributed by atoms with Crippen LogP contribution in [0.2, 0.25) is 0 Å². The van der Waals surface area contributed by atoms with Crippen molar-refractivity contribution in [3.05, 3.63) is 17.0 Å². The van der Waals surface area contributed by atoms with Gasteiger partial charge in [-0.25, -0.2) is 4.79 Å². The van der Waals surface area contributed by atoms with Crippen molar-refractivity contribution in [2.75, 3.05) is 6.54 Å². The number of carbonyl (C=O) groups is 2. The van der Waals surface area contributed by atoms with Gasteiger partial charge in [-0.3, -0.25) is 9.89 Å². The average molecular weight is 237 g/mol. The summed E-state index contributed by atoms with van der Waals surface area (Å²) < 4.78 is 0. The standard InChI is InChI=1S/C11H15N3O3/c1-2-3-9(15)14-5-4-7-8(6-14)12-13-10(7)11(16)17/h2-6H2,1H3,(H,12,13)(H,16,17). The SMILES string of the molecule is CCCC(=O)N1CCc2c(C(=O)O)n[nH]c2C1. The fourth-order valence-corrected chi connectivity index (χ4v) is 2.08. The quantitative estimate of drug-likeness (QED) is 0.813. The minimum atomic E-state index is -1.02. The monoisotopic (exact) mass is 237 g/mol. The van der Waals surface area contributed by atoms with Gasteiger partial charge in [0, 0.05) is 18.5 Å². The van der Waals surface area contributed by atoms with Crippen LogP contribution in [0.4, 0.5) is 0 Å². The van der Waals surface area contributed by atoms with Crippen LogP contribution in [0.5, 0.6) is 0 Å². The van der Waals surface area contributed by atoms with E-state index in [0.29, 0.717) is 25.9 Å². The first kappa shape index (κ1) is 11.6. The van der Waals surface area contributed by atoms with Gasteiger partial charge in [-0.1, -0.05) is 6.92 Å². The smallest absolute Gasteiger partial charge is 0.356 e. The second-order valence-electron chi connectivity index (χ2n) is 4.15. The Bertz CT molecular complexity index is 453. The molecule has 0 unspecified atom stereocenters. The lowest BCUT2D eigenvalue weighted by molar-refractivity contribution is -0.132. The van der Waals surface area contributed by atoms with Crippen molar-refractivity contribution < 1.29 is 14.7 Å². The summed E-state index contributed by atoms with van der Waals surface area (Å²) in [5, 5.41) is 15.4. The Morgan fingerprint density at radius 1 is 1.53 bits per heavy atom. The number of aromatic nitrogens is 2. The third kappa shape index (κ3) is 2.15. The van der Waals surface area contributed by atoms with Gasteiger partial charge >= 0.3 is 5.97 Å². The molecule has 17 heavy (non-hydrogen) atoms. The van der Waals surface area contributed by atoms with E-state index in [-0.39, 0.29) is 11.6 Å². The summed E-state index contributed by atoms with van der Waals surface area (Å²) in [5.41, 5.74) is 1.57. The molecule has 0 fully saturated rings. The highest BCUT2D eigenvalue weighted by atomic mass is 16.4. The lowest BCUT2D eigenvalue weighted by atomic mass is 10.0. The van der Waals surface area contributed by atoms with E-state index in [0.717, 1.165) is 17.7 Å². The van der Waals surface area contributed by atoms with E-state index >= 15 is 0 Å². The largest absolute Gasteiger partial charge is 0.476 e.